The van der Waals surface area contributed by atoms with Gasteiger partial charge >= 0.3 is 5.69 Å². The van der Waals surface area contributed by atoms with E-state index in [0.717, 1.165) is 25.3 Å². The summed E-state index contributed by atoms with van der Waals surface area (Å²) in [6, 6.07) is 4.59. The van der Waals surface area contributed by atoms with Gasteiger partial charge in [-0.05, 0) is 56.3 Å². The lowest BCUT2D eigenvalue weighted by atomic mass is 10.1. The van der Waals surface area contributed by atoms with E-state index in [2.05, 4.69) is 15.3 Å². The number of hydrogen-bond donors (Lipinski definition) is 3. The lowest BCUT2D eigenvalue weighted by Crippen LogP contribution is -2.45. The summed E-state index contributed by atoms with van der Waals surface area (Å²) in [5.41, 5.74) is -0.886. The van der Waals surface area contributed by atoms with E-state index in [4.69, 9.17) is 0 Å². The lowest BCUT2D eigenvalue weighted by molar-refractivity contribution is 0.288. The molecule has 1 aliphatic carbocycles. The fourth-order valence-electron chi connectivity index (χ4n) is 3.41. The summed E-state index contributed by atoms with van der Waals surface area (Å²) in [5, 5.41) is 3.69. The van der Waals surface area contributed by atoms with Crippen LogP contribution >= 0.6 is 12.4 Å². The second kappa shape index (κ2) is 7.75. The van der Waals surface area contributed by atoms with Gasteiger partial charge in [-0.3, -0.25) is 9.78 Å². The Labute approximate surface area is 162 Å². The van der Waals surface area contributed by atoms with Crippen molar-refractivity contribution in [2.24, 2.45) is 5.92 Å². The Bertz CT molecular complexity index is 1040. The van der Waals surface area contributed by atoms with E-state index in [-0.39, 0.29) is 22.7 Å². The number of sulfonamides is 1. The Balaban J connectivity index is 0.00000210. The van der Waals surface area contributed by atoms with Crippen LogP contribution in [-0.2, 0) is 10.0 Å². The highest BCUT2D eigenvalue weighted by atomic mass is 35.5. The molecule has 10 heteroatoms. The van der Waals surface area contributed by atoms with Gasteiger partial charge in [0.05, 0.1) is 15.8 Å². The van der Waals surface area contributed by atoms with Crippen molar-refractivity contribution in [3.05, 3.63) is 39.0 Å². The minimum absolute atomic E-state index is 0. The molecule has 0 bridgehead atoms. The van der Waals surface area contributed by atoms with Crippen molar-refractivity contribution in [2.45, 2.75) is 36.6 Å². The van der Waals surface area contributed by atoms with Crippen LogP contribution in [0.3, 0.4) is 0 Å². The van der Waals surface area contributed by atoms with Gasteiger partial charge in [0.25, 0.3) is 5.56 Å². The molecule has 0 spiro atoms. The summed E-state index contributed by atoms with van der Waals surface area (Å²) in [6.07, 6.45) is 4.17. The highest BCUT2D eigenvalue weighted by Gasteiger charge is 2.30. The molecule has 2 aliphatic rings. The minimum atomic E-state index is -3.66. The number of aromatic nitrogens is 2. The van der Waals surface area contributed by atoms with Crippen molar-refractivity contribution < 1.29 is 8.42 Å². The van der Waals surface area contributed by atoms with E-state index in [9.17, 15) is 18.0 Å². The number of hydrogen-bond acceptors (Lipinski definition) is 5. The van der Waals surface area contributed by atoms with Gasteiger partial charge in [0.1, 0.15) is 0 Å². The number of nitrogens with one attached hydrogen (secondary N) is 3. The topological polar surface area (TPSA) is 115 Å². The van der Waals surface area contributed by atoms with E-state index in [1.165, 1.54) is 35.3 Å². The second-order valence-electron chi connectivity index (χ2n) is 7.15. The monoisotopic (exact) mass is 414 g/mol. The number of halogens is 1. The molecule has 27 heavy (non-hydrogen) atoms. The van der Waals surface area contributed by atoms with E-state index in [1.54, 1.807) is 0 Å². The summed E-state index contributed by atoms with van der Waals surface area (Å²) in [5.74, 6) is 0.805. The Kier molecular flexibility index (Phi) is 5.76. The van der Waals surface area contributed by atoms with Gasteiger partial charge < -0.3 is 10.3 Å². The van der Waals surface area contributed by atoms with Crippen LogP contribution in [0.1, 0.15) is 25.7 Å². The van der Waals surface area contributed by atoms with Crippen molar-refractivity contribution >= 4 is 33.3 Å². The Morgan fingerprint density at radius 2 is 1.78 bits per heavy atom. The van der Waals surface area contributed by atoms with Gasteiger partial charge in [-0.15, -0.1) is 12.4 Å². The van der Waals surface area contributed by atoms with Crippen molar-refractivity contribution in [1.29, 1.82) is 0 Å². The third-order valence-corrected chi connectivity index (χ3v) is 7.09. The molecule has 1 aliphatic heterocycles. The zero-order valence-electron chi connectivity index (χ0n) is 14.7. The van der Waals surface area contributed by atoms with Crippen LogP contribution in [0.15, 0.2) is 32.7 Å². The molecule has 4 rings (SSSR count). The van der Waals surface area contributed by atoms with Gasteiger partial charge in [0, 0.05) is 19.1 Å². The number of piperidine rings is 1. The molecule has 1 aromatic carbocycles. The van der Waals surface area contributed by atoms with Crippen LogP contribution in [0.25, 0.3) is 10.9 Å². The zero-order chi connectivity index (χ0) is 18.3. The smallest absolute Gasteiger partial charge is 0.314 e. The summed E-state index contributed by atoms with van der Waals surface area (Å²) < 4.78 is 27.3. The Hall–Kier alpha value is -1.68. The third-order valence-electron chi connectivity index (χ3n) is 5.19. The predicted octanol–water partition coefficient (Wildman–Crippen LogP) is 0.791. The predicted molar refractivity (Wildman–Crippen MR) is 105 cm³/mol. The molecule has 148 valence electrons. The summed E-state index contributed by atoms with van der Waals surface area (Å²) >= 11 is 0. The van der Waals surface area contributed by atoms with Crippen molar-refractivity contribution in [1.82, 2.24) is 19.6 Å². The van der Waals surface area contributed by atoms with E-state index in [0.29, 0.717) is 24.6 Å². The number of fused-ring (bicyclic) bond motifs is 1. The highest BCUT2D eigenvalue weighted by Crippen LogP contribution is 2.28. The molecule has 2 fully saturated rings. The van der Waals surface area contributed by atoms with E-state index in [1.807, 2.05) is 0 Å². The van der Waals surface area contributed by atoms with Gasteiger partial charge in [0.2, 0.25) is 10.0 Å². The molecule has 3 N–H and O–H groups in total. The average Bonchev–Trinajstić information content (AvgIpc) is 3.44. The maximum atomic E-state index is 12.9. The molecule has 2 aromatic rings. The average molecular weight is 415 g/mol. The molecule has 1 aromatic heterocycles. The molecular weight excluding hydrogens is 392 g/mol. The largest absolute Gasteiger partial charge is 0.326 e. The van der Waals surface area contributed by atoms with Crippen molar-refractivity contribution in [3.63, 3.8) is 0 Å². The van der Waals surface area contributed by atoms with Gasteiger partial charge in [0.15, 0.2) is 0 Å². The first kappa shape index (κ1) is 20.1. The number of aromatic amines is 2. The van der Waals surface area contributed by atoms with Gasteiger partial charge in [-0.25, -0.2) is 13.2 Å². The Morgan fingerprint density at radius 1 is 1.07 bits per heavy atom. The highest BCUT2D eigenvalue weighted by molar-refractivity contribution is 7.89. The number of nitrogens with zero attached hydrogens (tertiary/aromatic N) is 1. The second-order valence-corrected chi connectivity index (χ2v) is 9.08. The maximum Gasteiger partial charge on any atom is 0.326 e. The van der Waals surface area contributed by atoms with Crippen molar-refractivity contribution in [2.75, 3.05) is 19.6 Å². The first-order valence-corrected chi connectivity index (χ1v) is 10.4. The fourth-order valence-corrected chi connectivity index (χ4v) is 4.91. The summed E-state index contributed by atoms with van der Waals surface area (Å²) in [6.45, 7) is 1.96. The van der Waals surface area contributed by atoms with E-state index >= 15 is 0 Å². The molecule has 0 radical (unpaired) electrons. The number of H-pyrrole nitrogens is 2. The Morgan fingerprint density at radius 3 is 2.44 bits per heavy atom. The van der Waals surface area contributed by atoms with Crippen LogP contribution in [0.4, 0.5) is 0 Å². The van der Waals surface area contributed by atoms with E-state index < -0.39 is 21.3 Å². The van der Waals surface area contributed by atoms with Crippen LogP contribution in [0.5, 0.6) is 0 Å². The molecule has 1 saturated heterocycles. The fraction of sp³-hybridized carbons (Fsp3) is 0.529. The molecule has 0 unspecified atom stereocenters. The standard InChI is InChI=1S/C17H22N4O4S.ClH/c22-16-14-9-13(3-4-15(14)19-17(23)20-16)26(24,25)21-7-5-12(6-8-21)18-10-11-1-2-11;/h3-4,9,11-12,18H,1-2,5-8,10H2,(H2,19,20,22,23);1H. The zero-order valence-corrected chi connectivity index (χ0v) is 16.4. The summed E-state index contributed by atoms with van der Waals surface area (Å²) in [4.78, 5) is 28.0. The minimum Gasteiger partial charge on any atom is -0.314 e. The first-order valence-electron chi connectivity index (χ1n) is 8.93. The van der Waals surface area contributed by atoms with Crippen LogP contribution in [0.2, 0.25) is 0 Å². The molecular formula is C17H23ClN4O4S. The normalized spacial score (nSPS) is 19.1. The maximum absolute atomic E-state index is 12.9. The quantitative estimate of drug-likeness (QED) is 0.669. The number of benzene rings is 1. The summed E-state index contributed by atoms with van der Waals surface area (Å²) in [7, 11) is -3.66. The van der Waals surface area contributed by atoms with Crippen LogP contribution in [0, 0.1) is 5.92 Å². The molecule has 1 saturated carbocycles. The van der Waals surface area contributed by atoms with Crippen LogP contribution in [-0.4, -0.2) is 48.4 Å². The lowest BCUT2D eigenvalue weighted by Gasteiger charge is -2.31. The SMILES string of the molecule is Cl.O=c1[nH]c(=O)c2cc(S(=O)(=O)N3CCC(NCC4CC4)CC3)ccc2[nH]1. The van der Waals surface area contributed by atoms with Gasteiger partial charge in [-0.1, -0.05) is 0 Å². The van der Waals surface area contributed by atoms with Crippen molar-refractivity contribution in [3.8, 4) is 0 Å². The molecule has 0 atom stereocenters. The molecule has 2 heterocycles. The number of rotatable bonds is 5. The van der Waals surface area contributed by atoms with Gasteiger partial charge in [-0.2, -0.15) is 4.31 Å². The molecule has 0 amide bonds. The first-order chi connectivity index (χ1) is 12.4. The molecule has 8 nitrogen and oxygen atoms in total. The third kappa shape index (κ3) is 4.26. The van der Waals surface area contributed by atoms with Crippen LogP contribution < -0.4 is 16.6 Å².